The van der Waals surface area contributed by atoms with Crippen molar-refractivity contribution in [2.45, 2.75) is 65.5 Å². The van der Waals surface area contributed by atoms with Crippen molar-refractivity contribution in [2.75, 3.05) is 7.05 Å². The summed E-state index contributed by atoms with van der Waals surface area (Å²) in [6, 6.07) is 0.0373. The molecular formula is C14H28N2O. The second-order valence-corrected chi connectivity index (χ2v) is 6.61. The highest BCUT2D eigenvalue weighted by Gasteiger charge is 2.32. The molecule has 1 amide bonds. The Hall–Kier alpha value is -0.570. The molecule has 1 aliphatic carbocycles. The molecule has 0 aromatic rings. The van der Waals surface area contributed by atoms with Crippen molar-refractivity contribution in [3.8, 4) is 0 Å². The van der Waals surface area contributed by atoms with Crippen molar-refractivity contribution in [3.05, 3.63) is 0 Å². The van der Waals surface area contributed by atoms with Gasteiger partial charge >= 0.3 is 0 Å². The molecule has 0 bridgehead atoms. The van der Waals surface area contributed by atoms with Crippen LogP contribution >= 0.6 is 0 Å². The molecule has 0 aliphatic heterocycles. The SMILES string of the molecule is CC(C)[C@H](N)C(=O)N(C)C1CCC(C)(C)CC1. The summed E-state index contributed by atoms with van der Waals surface area (Å²) >= 11 is 0. The van der Waals surface area contributed by atoms with Crippen LogP contribution in [0.2, 0.25) is 0 Å². The van der Waals surface area contributed by atoms with Gasteiger partial charge in [0.25, 0.3) is 0 Å². The molecule has 0 radical (unpaired) electrons. The van der Waals surface area contributed by atoms with Gasteiger partial charge in [0.05, 0.1) is 6.04 Å². The van der Waals surface area contributed by atoms with Gasteiger partial charge in [-0.15, -0.1) is 0 Å². The number of likely N-dealkylation sites (N-methyl/N-ethyl adjacent to an activating group) is 1. The predicted octanol–water partition coefficient (Wildman–Crippen LogP) is 2.40. The van der Waals surface area contributed by atoms with Gasteiger partial charge in [0.2, 0.25) is 5.91 Å². The number of hydrogen-bond donors (Lipinski definition) is 1. The fraction of sp³-hybridized carbons (Fsp3) is 0.929. The van der Waals surface area contributed by atoms with Crippen LogP contribution in [0.25, 0.3) is 0 Å². The van der Waals surface area contributed by atoms with Crippen molar-refractivity contribution >= 4 is 5.91 Å². The zero-order chi connectivity index (χ0) is 13.2. The molecule has 1 aliphatic rings. The number of hydrogen-bond acceptors (Lipinski definition) is 2. The molecule has 0 saturated heterocycles. The summed E-state index contributed by atoms with van der Waals surface area (Å²) in [5.41, 5.74) is 6.37. The Morgan fingerprint density at radius 1 is 1.29 bits per heavy atom. The van der Waals surface area contributed by atoms with E-state index in [4.69, 9.17) is 5.73 Å². The molecule has 1 rings (SSSR count). The van der Waals surface area contributed by atoms with Gasteiger partial charge in [0, 0.05) is 13.1 Å². The molecule has 17 heavy (non-hydrogen) atoms. The van der Waals surface area contributed by atoms with Gasteiger partial charge in [-0.05, 0) is 37.0 Å². The van der Waals surface area contributed by atoms with E-state index >= 15 is 0 Å². The quantitative estimate of drug-likeness (QED) is 0.823. The Balaban J connectivity index is 2.54. The third kappa shape index (κ3) is 3.70. The molecule has 1 atom stereocenters. The van der Waals surface area contributed by atoms with Gasteiger partial charge in [-0.2, -0.15) is 0 Å². The first-order chi connectivity index (χ1) is 7.74. The minimum Gasteiger partial charge on any atom is -0.341 e. The van der Waals surface area contributed by atoms with Gasteiger partial charge in [-0.3, -0.25) is 4.79 Å². The van der Waals surface area contributed by atoms with Crippen LogP contribution in [0.1, 0.15) is 53.4 Å². The van der Waals surface area contributed by atoms with E-state index in [2.05, 4.69) is 13.8 Å². The van der Waals surface area contributed by atoms with Crippen molar-refractivity contribution < 1.29 is 4.79 Å². The van der Waals surface area contributed by atoms with E-state index in [-0.39, 0.29) is 17.9 Å². The zero-order valence-corrected chi connectivity index (χ0v) is 12.0. The van der Waals surface area contributed by atoms with Gasteiger partial charge in [-0.25, -0.2) is 0 Å². The van der Waals surface area contributed by atoms with Gasteiger partial charge in [-0.1, -0.05) is 27.7 Å². The smallest absolute Gasteiger partial charge is 0.239 e. The molecule has 0 spiro atoms. The molecule has 0 unspecified atom stereocenters. The molecule has 1 fully saturated rings. The molecule has 3 heteroatoms. The molecule has 0 heterocycles. The van der Waals surface area contributed by atoms with E-state index in [9.17, 15) is 4.79 Å². The molecule has 3 nitrogen and oxygen atoms in total. The van der Waals surface area contributed by atoms with Gasteiger partial charge in [0.1, 0.15) is 0 Å². The normalized spacial score (nSPS) is 22.5. The Morgan fingerprint density at radius 3 is 2.18 bits per heavy atom. The van der Waals surface area contributed by atoms with E-state index in [0.29, 0.717) is 11.5 Å². The maximum Gasteiger partial charge on any atom is 0.239 e. The maximum atomic E-state index is 12.1. The third-order valence-corrected chi connectivity index (χ3v) is 4.21. The van der Waals surface area contributed by atoms with Crippen molar-refractivity contribution in [1.82, 2.24) is 4.90 Å². The molecule has 0 aromatic carbocycles. The van der Waals surface area contributed by atoms with Crippen LogP contribution < -0.4 is 5.73 Å². The van der Waals surface area contributed by atoms with Crippen molar-refractivity contribution in [3.63, 3.8) is 0 Å². The number of amides is 1. The second kappa shape index (κ2) is 5.38. The number of rotatable bonds is 3. The molecule has 1 saturated carbocycles. The van der Waals surface area contributed by atoms with E-state index in [0.717, 1.165) is 12.8 Å². The van der Waals surface area contributed by atoms with Crippen LogP contribution in [-0.2, 0) is 4.79 Å². The Kier molecular flexibility index (Phi) is 4.59. The molecule has 0 aromatic heterocycles. The minimum atomic E-state index is -0.352. The lowest BCUT2D eigenvalue weighted by Crippen LogP contribution is -2.50. The standard InChI is InChI=1S/C14H28N2O/c1-10(2)12(15)13(17)16(5)11-6-8-14(3,4)9-7-11/h10-12H,6-9,15H2,1-5H3/t12-/m0/s1. The number of nitrogens with two attached hydrogens (primary N) is 1. The molecule has 100 valence electrons. The predicted molar refractivity (Wildman–Crippen MR) is 71.6 cm³/mol. The van der Waals surface area contributed by atoms with Crippen LogP contribution in [0.15, 0.2) is 0 Å². The average molecular weight is 240 g/mol. The highest BCUT2D eigenvalue weighted by Crippen LogP contribution is 2.36. The summed E-state index contributed by atoms with van der Waals surface area (Å²) < 4.78 is 0. The first kappa shape index (κ1) is 14.5. The second-order valence-electron chi connectivity index (χ2n) is 6.61. The fourth-order valence-electron chi connectivity index (χ4n) is 2.47. The number of carbonyl (C=O) groups excluding carboxylic acids is 1. The molecular weight excluding hydrogens is 212 g/mol. The van der Waals surface area contributed by atoms with E-state index in [1.165, 1.54) is 12.8 Å². The van der Waals surface area contributed by atoms with Crippen LogP contribution in [0.4, 0.5) is 0 Å². The fourth-order valence-corrected chi connectivity index (χ4v) is 2.47. The lowest BCUT2D eigenvalue weighted by Gasteiger charge is -2.39. The van der Waals surface area contributed by atoms with Crippen LogP contribution in [0, 0.1) is 11.3 Å². The Labute approximate surface area is 106 Å². The summed E-state index contributed by atoms with van der Waals surface area (Å²) in [4.78, 5) is 14.0. The van der Waals surface area contributed by atoms with Crippen LogP contribution in [-0.4, -0.2) is 29.9 Å². The number of nitrogens with zero attached hydrogens (tertiary/aromatic N) is 1. The highest BCUT2D eigenvalue weighted by atomic mass is 16.2. The Bertz CT molecular complexity index is 263. The van der Waals surface area contributed by atoms with Crippen molar-refractivity contribution in [1.29, 1.82) is 0 Å². The van der Waals surface area contributed by atoms with Crippen LogP contribution in [0.5, 0.6) is 0 Å². The van der Waals surface area contributed by atoms with E-state index in [1.807, 2.05) is 25.8 Å². The van der Waals surface area contributed by atoms with Gasteiger partial charge < -0.3 is 10.6 Å². The van der Waals surface area contributed by atoms with Gasteiger partial charge in [0.15, 0.2) is 0 Å². The largest absolute Gasteiger partial charge is 0.341 e. The topological polar surface area (TPSA) is 46.3 Å². The van der Waals surface area contributed by atoms with Crippen LogP contribution in [0.3, 0.4) is 0 Å². The lowest BCUT2D eigenvalue weighted by molar-refractivity contribution is -0.135. The summed E-state index contributed by atoms with van der Waals surface area (Å²) in [6.07, 6.45) is 4.62. The van der Waals surface area contributed by atoms with E-state index < -0.39 is 0 Å². The first-order valence-electron chi connectivity index (χ1n) is 6.77. The zero-order valence-electron chi connectivity index (χ0n) is 12.0. The Morgan fingerprint density at radius 2 is 1.76 bits per heavy atom. The lowest BCUT2D eigenvalue weighted by atomic mass is 9.75. The maximum absolute atomic E-state index is 12.1. The molecule has 2 N–H and O–H groups in total. The monoisotopic (exact) mass is 240 g/mol. The third-order valence-electron chi connectivity index (χ3n) is 4.21. The summed E-state index contributed by atoms with van der Waals surface area (Å²) in [5, 5.41) is 0. The minimum absolute atomic E-state index is 0.102. The summed E-state index contributed by atoms with van der Waals surface area (Å²) in [5.74, 6) is 0.315. The summed E-state index contributed by atoms with van der Waals surface area (Å²) in [6.45, 7) is 8.62. The number of carbonyl (C=O) groups is 1. The average Bonchev–Trinajstić information content (AvgIpc) is 2.26. The van der Waals surface area contributed by atoms with Crippen molar-refractivity contribution in [2.24, 2.45) is 17.1 Å². The highest BCUT2D eigenvalue weighted by molar-refractivity contribution is 5.81. The first-order valence-corrected chi connectivity index (χ1v) is 6.77. The summed E-state index contributed by atoms with van der Waals surface area (Å²) in [7, 11) is 1.91. The van der Waals surface area contributed by atoms with E-state index in [1.54, 1.807) is 0 Å².